The Hall–Kier alpha value is -6.62. The molecule has 0 saturated heterocycles. The van der Waals surface area contributed by atoms with Gasteiger partial charge in [-0.05, 0) is 86.4 Å². The zero-order valence-corrected chi connectivity index (χ0v) is 38.3. The Morgan fingerprint density at radius 2 is 1.38 bits per heavy atom. The van der Waals surface area contributed by atoms with Gasteiger partial charge >= 0.3 is 0 Å². The molecule has 0 aliphatic heterocycles. The number of rotatable bonds is 9. The smallest absolute Gasteiger partial charge is 0.268 e. The van der Waals surface area contributed by atoms with Crippen molar-refractivity contribution in [3.8, 4) is 50.9 Å². The number of pyridine rings is 2. The second kappa shape index (κ2) is 17.2. The van der Waals surface area contributed by atoms with Crippen molar-refractivity contribution in [2.45, 2.75) is 54.3 Å². The fourth-order valence-electron chi connectivity index (χ4n) is 7.94. The first-order chi connectivity index (χ1) is 35.4. The van der Waals surface area contributed by atoms with Gasteiger partial charge in [0.05, 0.1) is 30.4 Å². The molecule has 10 rings (SSSR count). The molecule has 0 amide bonds. The van der Waals surface area contributed by atoms with E-state index in [0.29, 0.717) is 51.5 Å². The number of ether oxygens (including phenoxy) is 1. The third kappa shape index (κ3) is 8.43. The van der Waals surface area contributed by atoms with Crippen molar-refractivity contribution < 1.29 is 46.8 Å². The molecule has 0 bridgehead atoms. The molecule has 0 aliphatic rings. The number of aromatic nitrogens is 5. The molecule has 6 nitrogen and oxygen atoms in total. The largest absolute Gasteiger partial charge is 0.508 e. The number of benzene rings is 6. The zero-order valence-electron chi connectivity index (χ0n) is 48.0. The van der Waals surface area contributed by atoms with Crippen LogP contribution in [-0.2, 0) is 33.9 Å². The molecule has 0 aliphatic carbocycles. The molecular weight excluding hydrogens is 966 g/mol. The number of para-hydroxylation sites is 4. The summed E-state index contributed by atoms with van der Waals surface area (Å²) in [5.74, 6) is 1.14. The van der Waals surface area contributed by atoms with Gasteiger partial charge in [-0.25, -0.2) is 4.98 Å². The van der Waals surface area contributed by atoms with Crippen LogP contribution in [0.5, 0.6) is 11.5 Å². The molecule has 4 aromatic heterocycles. The van der Waals surface area contributed by atoms with Gasteiger partial charge < -0.3 is 18.9 Å². The third-order valence-corrected chi connectivity index (χ3v) is 10.4. The maximum atomic E-state index is 9.06. The zero-order chi connectivity index (χ0) is 53.8. The van der Waals surface area contributed by atoms with E-state index in [1.54, 1.807) is 64.0 Å². The predicted molar refractivity (Wildman–Crippen MR) is 255 cm³/mol. The van der Waals surface area contributed by atoms with Crippen LogP contribution in [0.15, 0.2) is 164 Å². The van der Waals surface area contributed by atoms with Crippen molar-refractivity contribution in [3.63, 3.8) is 0 Å². The van der Waals surface area contributed by atoms with E-state index in [4.69, 9.17) is 31.2 Å². The monoisotopic (exact) mass is 1030 g/mol. The van der Waals surface area contributed by atoms with Crippen LogP contribution in [0.2, 0.25) is 0 Å². The summed E-state index contributed by atoms with van der Waals surface area (Å²) in [4.78, 5) is 9.73. The number of imidazole rings is 1. The van der Waals surface area contributed by atoms with Gasteiger partial charge in [-0.3, -0.25) is 4.57 Å². The van der Waals surface area contributed by atoms with Crippen molar-refractivity contribution in [2.75, 3.05) is 0 Å². The minimum absolute atomic E-state index is 0. The molecule has 0 unspecified atom stereocenters. The summed E-state index contributed by atoms with van der Waals surface area (Å²) in [6.45, 7) is 11.9. The van der Waals surface area contributed by atoms with E-state index in [1.165, 1.54) is 0 Å². The quantitative estimate of drug-likeness (QED) is 0.107. The van der Waals surface area contributed by atoms with Crippen LogP contribution in [0.4, 0.5) is 0 Å². The van der Waals surface area contributed by atoms with Gasteiger partial charge in [-0.2, -0.15) is 6.07 Å². The van der Waals surface area contributed by atoms with E-state index in [1.807, 2.05) is 73.9 Å². The van der Waals surface area contributed by atoms with Crippen molar-refractivity contribution in [2.24, 2.45) is 10.8 Å². The summed E-state index contributed by atoms with van der Waals surface area (Å²) in [7, 11) is 0. The molecule has 7 heteroatoms. The number of hydrogen-bond donors (Lipinski definition) is 0. The first-order valence-electron chi connectivity index (χ1n) is 26.6. The second-order valence-electron chi connectivity index (χ2n) is 17.6. The van der Waals surface area contributed by atoms with Gasteiger partial charge in [0.1, 0.15) is 5.82 Å². The molecule has 0 atom stereocenters. The van der Waals surface area contributed by atoms with Crippen LogP contribution in [0.1, 0.15) is 69.2 Å². The summed E-state index contributed by atoms with van der Waals surface area (Å²) >= 11 is 0. The third-order valence-electron chi connectivity index (χ3n) is 10.4. The van der Waals surface area contributed by atoms with Gasteiger partial charge in [0.2, 0.25) is 0 Å². The Morgan fingerprint density at radius 3 is 2.06 bits per heavy atom. The molecule has 0 radical (unpaired) electrons. The maximum Gasteiger partial charge on any atom is 0.268 e. The molecule has 6 aromatic carbocycles. The molecule has 0 spiro atoms. The topological polar surface area (TPSA) is 48.8 Å². The Bertz CT molecular complexity index is 3840. The van der Waals surface area contributed by atoms with E-state index < -0.39 is 72.2 Å². The molecule has 0 fully saturated rings. The molecule has 64 heavy (non-hydrogen) atoms. The molecule has 0 saturated carbocycles. The molecular formula is C57H49N5OPt-2. The second-order valence-corrected chi connectivity index (χ2v) is 17.6. The number of nitrogens with zero attached hydrogens (tertiary/aromatic N) is 5. The standard InChI is InChI=1S/C57H49N5O.Pt/c1-56(2,3)35-39-30-31-58-54(32-39)62-49-25-14-13-22-46(49)47-29-28-43(34-52(47)62)63-53-33-42(37-59-48(53)36-57(4,5)6)60-38-61(51-27-16-15-26-50(51)60)55-44(40-18-9-7-10-19-40)23-17-24-45(55)41-20-11-8-12-21-41;/h7-32,37H,35-36H2,1-6H3;/q-2;/i7D,8D,9D,10D,11D,12D,18D,19D,20D,21D,35D2;. The first kappa shape index (κ1) is 30.5. The van der Waals surface area contributed by atoms with E-state index >= 15 is 0 Å². The Morgan fingerprint density at radius 1 is 0.703 bits per heavy atom. The normalized spacial score (nSPS) is 14.8. The summed E-state index contributed by atoms with van der Waals surface area (Å²) in [5, 5.41) is 1.82. The SMILES string of the molecule is [2H]c1c([2H])c([2H])c(-c2cccc(-c3c([2H])c([2H])c([2H])c([2H])c3[2H])c2-[n+]2[c-]n(-c3[c-]c(Oc4[c-]c5c(cc4)c4ccccc4n5-c4cc(C([2H])([2H])C(C)(C)C)ccn4)c(CC(C)(C)C)nc3)c3ccccc32)c([2H])c1[2H].[Pt]. The molecule has 4 heterocycles. The summed E-state index contributed by atoms with van der Waals surface area (Å²) in [6.07, 6.45) is 5.47. The summed E-state index contributed by atoms with van der Waals surface area (Å²) < 4.78 is 118. The van der Waals surface area contributed by atoms with Gasteiger partial charge in [-0.15, -0.1) is 23.6 Å². The minimum atomic E-state index is -1.68. The van der Waals surface area contributed by atoms with Crippen molar-refractivity contribution in [1.29, 1.82) is 0 Å². The average molecular weight is 1030 g/mol. The van der Waals surface area contributed by atoms with E-state index in [-0.39, 0.29) is 60.2 Å². The van der Waals surface area contributed by atoms with Gasteiger partial charge in [0.15, 0.2) is 0 Å². The first-order valence-corrected chi connectivity index (χ1v) is 20.6. The van der Waals surface area contributed by atoms with Gasteiger partial charge in [0, 0.05) is 47.0 Å². The minimum Gasteiger partial charge on any atom is -0.508 e. The number of fused-ring (bicyclic) bond motifs is 4. The summed E-state index contributed by atoms with van der Waals surface area (Å²) in [6, 6.07) is 28.6. The maximum absolute atomic E-state index is 9.06. The van der Waals surface area contributed by atoms with Crippen LogP contribution in [0.25, 0.3) is 72.3 Å². The fourth-order valence-corrected chi connectivity index (χ4v) is 7.94. The van der Waals surface area contributed by atoms with Gasteiger partial charge in [-0.1, -0.05) is 174 Å². The predicted octanol–water partition coefficient (Wildman–Crippen LogP) is 13.5. The fraction of sp³-hybridized carbons (Fsp3) is 0.175. The molecule has 320 valence electrons. The number of hydrogen-bond acceptors (Lipinski definition) is 3. The molecule has 10 aromatic rings. The van der Waals surface area contributed by atoms with E-state index in [9.17, 15) is 0 Å². The van der Waals surface area contributed by atoms with Crippen molar-refractivity contribution >= 4 is 32.8 Å². The van der Waals surface area contributed by atoms with Crippen LogP contribution >= 0.6 is 0 Å². The van der Waals surface area contributed by atoms with Crippen LogP contribution in [-0.4, -0.2) is 19.1 Å². The summed E-state index contributed by atoms with van der Waals surface area (Å²) in [5.41, 5.74) is 3.05. The average Bonchev–Trinajstić information content (AvgIpc) is 3.97. The van der Waals surface area contributed by atoms with Crippen molar-refractivity contribution in [1.82, 2.24) is 19.1 Å². The van der Waals surface area contributed by atoms with Crippen LogP contribution in [0.3, 0.4) is 0 Å². The molecule has 0 N–H and O–H groups in total. The van der Waals surface area contributed by atoms with Crippen LogP contribution < -0.4 is 9.30 Å². The van der Waals surface area contributed by atoms with Crippen molar-refractivity contribution in [3.05, 3.63) is 194 Å². The Labute approximate surface area is 407 Å². The van der Waals surface area contributed by atoms with Gasteiger partial charge in [0.25, 0.3) is 6.33 Å². The Balaban J connectivity index is 0.00000706. The van der Waals surface area contributed by atoms with Crippen LogP contribution in [0, 0.1) is 29.3 Å². The van der Waals surface area contributed by atoms with E-state index in [0.717, 1.165) is 16.3 Å². The Kier molecular flexibility index (Phi) is 8.17. The van der Waals surface area contributed by atoms with E-state index in [2.05, 4.69) is 39.2 Å².